The number of alkyl halides is 2. The van der Waals surface area contributed by atoms with Crippen molar-refractivity contribution >= 4 is 40.1 Å². The van der Waals surface area contributed by atoms with Crippen molar-refractivity contribution in [1.82, 2.24) is 24.3 Å². The average molecular weight is 558 g/mol. The van der Waals surface area contributed by atoms with Gasteiger partial charge in [-0.25, -0.2) is 13.8 Å². The van der Waals surface area contributed by atoms with Crippen LogP contribution in [0.2, 0.25) is 0 Å². The molecule has 2 fully saturated rings. The van der Waals surface area contributed by atoms with Crippen molar-refractivity contribution in [3.63, 3.8) is 0 Å². The molecule has 1 aromatic carbocycles. The number of hydrogen-bond donors (Lipinski definition) is 4. The van der Waals surface area contributed by atoms with Crippen LogP contribution in [0.4, 0.5) is 31.9 Å². The molecular formula is C27H35F2N8O3+. The minimum absolute atomic E-state index is 0.0573. The fourth-order valence-corrected chi connectivity index (χ4v) is 6.14. The van der Waals surface area contributed by atoms with Gasteiger partial charge >= 0.3 is 0 Å². The Morgan fingerprint density at radius 2 is 1.98 bits per heavy atom. The van der Waals surface area contributed by atoms with Crippen LogP contribution in [-0.4, -0.2) is 65.7 Å². The predicted octanol–water partition coefficient (Wildman–Crippen LogP) is 2.73. The number of aryl methyl sites for hydroxylation is 1. The van der Waals surface area contributed by atoms with E-state index in [0.29, 0.717) is 35.6 Å². The van der Waals surface area contributed by atoms with Crippen LogP contribution >= 0.6 is 0 Å². The highest BCUT2D eigenvalue weighted by molar-refractivity contribution is 6.00. The number of quaternary nitrogens is 1. The number of rotatable bonds is 7. The van der Waals surface area contributed by atoms with Crippen molar-refractivity contribution in [2.75, 3.05) is 44.3 Å². The van der Waals surface area contributed by atoms with Gasteiger partial charge in [0, 0.05) is 50.8 Å². The van der Waals surface area contributed by atoms with E-state index in [1.54, 1.807) is 14.0 Å². The summed E-state index contributed by atoms with van der Waals surface area (Å²) in [5.41, 5.74) is 12.3. The van der Waals surface area contributed by atoms with Crippen molar-refractivity contribution < 1.29 is 18.3 Å². The number of likely N-dealkylation sites (tertiary alicyclic amines) is 1. The summed E-state index contributed by atoms with van der Waals surface area (Å²) in [6.45, 7) is 4.61. The molecule has 40 heavy (non-hydrogen) atoms. The van der Waals surface area contributed by atoms with Crippen molar-refractivity contribution in [3.8, 4) is 5.75 Å². The lowest BCUT2D eigenvalue weighted by Crippen LogP contribution is -2.64. The van der Waals surface area contributed by atoms with Gasteiger partial charge in [-0.15, -0.1) is 0 Å². The topological polar surface area (TPSA) is 150 Å². The summed E-state index contributed by atoms with van der Waals surface area (Å²) in [7, 11) is 1.55. The number of nitrogens with one attached hydrogen (secondary N) is 2. The molecule has 3 aromatic rings. The number of primary amides is 1. The van der Waals surface area contributed by atoms with Crippen LogP contribution in [0.3, 0.4) is 0 Å². The van der Waals surface area contributed by atoms with E-state index in [2.05, 4.69) is 20.6 Å². The minimum Gasteiger partial charge on any atom is -0.494 e. The predicted molar refractivity (Wildman–Crippen MR) is 150 cm³/mol. The standard InChI is InChI=1S/C27H34F2N8O3/c1-3-36-23(30)21(24(31)39)22(38)18-15-33-26(35-25(18)36)34-19-5-4-17(14-20(19)40-2)37(16-6-10-32-11-7-16)12-8-27(28,29)9-13-37/h4-5,14-16,32H,3,6-13H2,1-2H3,(H4-,30,31,33,34,35,38,39)/p+1. The van der Waals surface area contributed by atoms with Crippen LogP contribution in [0.25, 0.3) is 11.0 Å². The van der Waals surface area contributed by atoms with Gasteiger partial charge in [0.05, 0.1) is 50.2 Å². The summed E-state index contributed by atoms with van der Waals surface area (Å²) in [5.74, 6) is -2.92. The Labute approximate surface area is 230 Å². The number of hydrogen-bond acceptors (Lipinski definition) is 8. The Morgan fingerprint density at radius 3 is 2.60 bits per heavy atom. The summed E-state index contributed by atoms with van der Waals surface area (Å²) in [6, 6.07) is 5.95. The minimum atomic E-state index is -2.64. The Kier molecular flexibility index (Phi) is 7.36. The molecule has 11 nitrogen and oxygen atoms in total. The maximum atomic E-state index is 14.2. The zero-order valence-electron chi connectivity index (χ0n) is 22.7. The lowest BCUT2D eigenvalue weighted by Gasteiger charge is -2.49. The number of benzene rings is 1. The highest BCUT2D eigenvalue weighted by Crippen LogP contribution is 2.42. The van der Waals surface area contributed by atoms with E-state index in [-0.39, 0.29) is 47.2 Å². The van der Waals surface area contributed by atoms with E-state index in [1.165, 1.54) is 10.8 Å². The summed E-state index contributed by atoms with van der Waals surface area (Å²) in [4.78, 5) is 33.5. The number of nitrogens with zero attached hydrogens (tertiary/aromatic N) is 4. The van der Waals surface area contributed by atoms with E-state index >= 15 is 0 Å². The number of methoxy groups -OCH3 is 1. The SMILES string of the molecule is CCn1c(N)c(C(N)=O)c(=O)c2cnc(Nc3ccc([N+]4(C5CCNCC5)CCC(F)(F)CC4)cc3OC)nc21. The molecule has 6 N–H and O–H groups in total. The molecule has 2 aliphatic rings. The summed E-state index contributed by atoms with van der Waals surface area (Å²) >= 11 is 0. The molecule has 13 heteroatoms. The van der Waals surface area contributed by atoms with Gasteiger partial charge in [-0.3, -0.25) is 14.1 Å². The van der Waals surface area contributed by atoms with Crippen LogP contribution < -0.4 is 36.7 Å². The first-order valence-electron chi connectivity index (χ1n) is 13.5. The fraction of sp³-hybridized carbons (Fsp3) is 0.481. The lowest BCUT2D eigenvalue weighted by molar-refractivity contribution is -0.0628. The number of nitrogens with two attached hydrogens (primary N) is 2. The van der Waals surface area contributed by atoms with E-state index < -0.39 is 17.3 Å². The number of carbonyl (C=O) groups is 1. The average Bonchev–Trinajstić information content (AvgIpc) is 2.94. The Hall–Kier alpha value is -3.84. The highest BCUT2D eigenvalue weighted by Gasteiger charge is 2.48. The maximum Gasteiger partial charge on any atom is 0.258 e. The van der Waals surface area contributed by atoms with Crippen LogP contribution in [0.15, 0.2) is 29.2 Å². The van der Waals surface area contributed by atoms with Crippen molar-refractivity contribution in [2.24, 2.45) is 5.73 Å². The molecule has 0 atom stereocenters. The molecule has 0 saturated carbocycles. The highest BCUT2D eigenvalue weighted by atomic mass is 19.3. The molecule has 4 heterocycles. The largest absolute Gasteiger partial charge is 0.494 e. The summed E-state index contributed by atoms with van der Waals surface area (Å²) in [6.07, 6.45) is 2.86. The zero-order valence-corrected chi connectivity index (χ0v) is 22.7. The molecule has 0 spiro atoms. The number of carbonyl (C=O) groups excluding carboxylic acids is 1. The number of pyridine rings is 1. The van der Waals surface area contributed by atoms with Crippen LogP contribution in [0.5, 0.6) is 5.75 Å². The van der Waals surface area contributed by atoms with E-state index in [9.17, 15) is 18.4 Å². The van der Waals surface area contributed by atoms with Crippen LogP contribution in [-0.2, 0) is 6.54 Å². The molecule has 0 aliphatic carbocycles. The molecule has 5 rings (SSSR count). The molecule has 0 unspecified atom stereocenters. The molecule has 214 valence electrons. The second kappa shape index (κ2) is 10.6. The molecule has 0 bridgehead atoms. The second-order valence-electron chi connectivity index (χ2n) is 10.5. The number of ether oxygens (including phenoxy) is 1. The first-order valence-corrected chi connectivity index (χ1v) is 13.5. The fourth-order valence-electron chi connectivity index (χ4n) is 6.14. The van der Waals surface area contributed by atoms with E-state index in [0.717, 1.165) is 31.6 Å². The number of anilines is 3. The number of halogens is 2. The Bertz CT molecular complexity index is 1490. The normalized spacial score (nSPS) is 18.9. The molecule has 2 saturated heterocycles. The quantitative estimate of drug-likeness (QED) is 0.324. The third kappa shape index (κ3) is 4.83. The van der Waals surface area contributed by atoms with Gasteiger partial charge in [-0.05, 0) is 13.0 Å². The van der Waals surface area contributed by atoms with Crippen LogP contribution in [0.1, 0.15) is 43.0 Å². The van der Waals surface area contributed by atoms with Crippen molar-refractivity contribution in [1.29, 1.82) is 0 Å². The van der Waals surface area contributed by atoms with E-state index in [1.807, 2.05) is 18.2 Å². The maximum absolute atomic E-state index is 14.2. The lowest BCUT2D eigenvalue weighted by atomic mass is 9.93. The third-order valence-electron chi connectivity index (χ3n) is 8.31. The van der Waals surface area contributed by atoms with Gasteiger partial charge in [0.2, 0.25) is 11.4 Å². The number of aromatic nitrogens is 3. The Balaban J connectivity index is 1.52. The molecule has 2 aromatic heterocycles. The molecule has 0 radical (unpaired) electrons. The van der Waals surface area contributed by atoms with E-state index in [4.69, 9.17) is 16.2 Å². The third-order valence-corrected chi connectivity index (χ3v) is 8.31. The van der Waals surface area contributed by atoms with Crippen molar-refractivity contribution in [2.45, 2.75) is 51.1 Å². The van der Waals surface area contributed by atoms with Gasteiger partial charge in [-0.2, -0.15) is 4.98 Å². The smallest absolute Gasteiger partial charge is 0.258 e. The van der Waals surface area contributed by atoms with Gasteiger partial charge < -0.3 is 31.4 Å². The zero-order chi connectivity index (χ0) is 28.7. The van der Waals surface area contributed by atoms with Crippen molar-refractivity contribution in [3.05, 3.63) is 40.2 Å². The summed E-state index contributed by atoms with van der Waals surface area (Å²) < 4.78 is 36.2. The molecular weight excluding hydrogens is 522 g/mol. The van der Waals surface area contributed by atoms with Gasteiger partial charge in [0.15, 0.2) is 5.65 Å². The second-order valence-corrected chi connectivity index (χ2v) is 10.5. The van der Waals surface area contributed by atoms with Gasteiger partial charge in [0.25, 0.3) is 11.8 Å². The van der Waals surface area contributed by atoms with Gasteiger partial charge in [0.1, 0.15) is 22.8 Å². The first-order chi connectivity index (χ1) is 19.1. The number of amides is 1. The number of fused-ring (bicyclic) bond motifs is 1. The molecule has 1 amide bonds. The summed E-state index contributed by atoms with van der Waals surface area (Å²) in [5, 5.41) is 6.64. The monoisotopic (exact) mass is 557 g/mol. The number of piperidine rings is 2. The first kappa shape index (κ1) is 27.7. The molecule has 2 aliphatic heterocycles. The Morgan fingerprint density at radius 1 is 1.27 bits per heavy atom. The van der Waals surface area contributed by atoms with Gasteiger partial charge in [-0.1, -0.05) is 0 Å². The number of nitrogen functional groups attached to an aromatic ring is 1. The van der Waals surface area contributed by atoms with Crippen LogP contribution in [0, 0.1) is 0 Å².